The lowest BCUT2D eigenvalue weighted by Crippen LogP contribution is -2.46. The summed E-state index contributed by atoms with van der Waals surface area (Å²) in [6.07, 6.45) is 1.78. The van der Waals surface area contributed by atoms with Crippen molar-refractivity contribution >= 4 is 40.5 Å². The molecule has 30 heavy (non-hydrogen) atoms. The van der Waals surface area contributed by atoms with Crippen molar-refractivity contribution in [2.75, 3.05) is 36.4 Å². The Balaban J connectivity index is 1.23. The van der Waals surface area contributed by atoms with Gasteiger partial charge in [0.2, 0.25) is 0 Å². The summed E-state index contributed by atoms with van der Waals surface area (Å²) in [4.78, 5) is 16.9. The number of carbonyl (C=O) groups is 1. The maximum Gasteiger partial charge on any atom is 0.256 e. The van der Waals surface area contributed by atoms with Gasteiger partial charge in [-0.1, -0.05) is 47.1 Å². The molecule has 3 heterocycles. The molecule has 1 saturated heterocycles. The van der Waals surface area contributed by atoms with Crippen LogP contribution in [0.25, 0.3) is 11.6 Å². The van der Waals surface area contributed by atoms with Crippen molar-refractivity contribution in [3.05, 3.63) is 76.6 Å². The van der Waals surface area contributed by atoms with Crippen LogP contribution in [-0.2, 0) is 11.3 Å². The fourth-order valence-corrected chi connectivity index (χ4v) is 4.23. The van der Waals surface area contributed by atoms with Crippen molar-refractivity contribution in [3.8, 4) is 0 Å². The molecule has 0 unspecified atom stereocenters. The molecule has 0 radical (unpaired) electrons. The molecule has 7 heteroatoms. The van der Waals surface area contributed by atoms with E-state index in [-0.39, 0.29) is 5.91 Å². The third-order valence-electron chi connectivity index (χ3n) is 5.52. The summed E-state index contributed by atoms with van der Waals surface area (Å²) in [5.41, 5.74) is 4.07. The van der Waals surface area contributed by atoms with E-state index in [1.54, 1.807) is 6.08 Å². The van der Waals surface area contributed by atoms with Crippen LogP contribution >= 0.6 is 11.6 Å². The van der Waals surface area contributed by atoms with Crippen molar-refractivity contribution in [1.29, 1.82) is 0 Å². The molecule has 1 amide bonds. The highest BCUT2D eigenvalue weighted by Crippen LogP contribution is 2.32. The van der Waals surface area contributed by atoms with Crippen LogP contribution in [0.2, 0.25) is 5.02 Å². The van der Waals surface area contributed by atoms with Crippen LogP contribution in [0.15, 0.2) is 59.1 Å². The normalized spacial score (nSPS) is 18.0. The van der Waals surface area contributed by atoms with Crippen LogP contribution in [0.4, 0.5) is 11.4 Å². The number of rotatable bonds is 4. The predicted molar refractivity (Wildman–Crippen MR) is 118 cm³/mol. The van der Waals surface area contributed by atoms with Crippen LogP contribution in [0, 0.1) is 0 Å². The summed E-state index contributed by atoms with van der Waals surface area (Å²) >= 11 is 6.33. The third kappa shape index (κ3) is 3.72. The Morgan fingerprint density at radius 2 is 1.83 bits per heavy atom. The molecule has 1 N–H and O–H groups in total. The van der Waals surface area contributed by atoms with E-state index in [0.29, 0.717) is 17.8 Å². The topological polar surface area (TPSA) is 61.6 Å². The van der Waals surface area contributed by atoms with Gasteiger partial charge in [-0.2, -0.15) is 0 Å². The van der Waals surface area contributed by atoms with Crippen molar-refractivity contribution in [2.24, 2.45) is 0 Å². The first-order chi connectivity index (χ1) is 14.7. The van der Waals surface area contributed by atoms with Crippen molar-refractivity contribution in [2.45, 2.75) is 6.54 Å². The molecule has 1 aromatic heterocycles. The lowest BCUT2D eigenvalue weighted by atomic mass is 10.1. The Morgan fingerprint density at radius 1 is 1.07 bits per heavy atom. The lowest BCUT2D eigenvalue weighted by Gasteiger charge is -2.36. The largest absolute Gasteiger partial charge is 0.368 e. The van der Waals surface area contributed by atoms with Crippen LogP contribution in [0.1, 0.15) is 17.0 Å². The first-order valence-corrected chi connectivity index (χ1v) is 10.3. The Morgan fingerprint density at radius 3 is 2.67 bits per heavy atom. The Kier molecular flexibility index (Phi) is 5.02. The number of nitrogens with one attached hydrogen (secondary N) is 1. The number of fused-ring (bicyclic) bond motifs is 1. The first-order valence-electron chi connectivity index (χ1n) is 9.97. The highest BCUT2D eigenvalue weighted by atomic mass is 35.5. The van der Waals surface area contributed by atoms with Gasteiger partial charge in [0.1, 0.15) is 5.69 Å². The number of carbonyl (C=O) groups excluding carboxylic acids is 1. The summed E-state index contributed by atoms with van der Waals surface area (Å²) in [7, 11) is 0. The van der Waals surface area contributed by atoms with E-state index in [9.17, 15) is 4.79 Å². The summed E-state index contributed by atoms with van der Waals surface area (Å²) in [6, 6.07) is 17.5. The molecular formula is C23H21ClN4O2. The fraction of sp³-hybridized carbons (Fsp3) is 0.217. The van der Waals surface area contributed by atoms with E-state index in [0.717, 1.165) is 53.9 Å². The van der Waals surface area contributed by atoms with Gasteiger partial charge in [-0.3, -0.25) is 9.69 Å². The second-order valence-corrected chi connectivity index (χ2v) is 7.90. The number of hydrogen-bond donors (Lipinski definition) is 1. The molecular weight excluding hydrogens is 400 g/mol. The lowest BCUT2D eigenvalue weighted by molar-refractivity contribution is -0.110. The SMILES string of the molecule is O=C1Nc2ccccc2C1=Cc1cc(CN2CCN(c3ccccc3Cl)CC2)on1. The molecule has 6 nitrogen and oxygen atoms in total. The Labute approximate surface area is 179 Å². The van der Waals surface area contributed by atoms with E-state index in [1.165, 1.54) is 0 Å². The number of aromatic nitrogens is 1. The zero-order valence-corrected chi connectivity index (χ0v) is 17.1. The zero-order valence-electron chi connectivity index (χ0n) is 16.3. The van der Waals surface area contributed by atoms with E-state index in [4.69, 9.17) is 16.1 Å². The minimum absolute atomic E-state index is 0.114. The van der Waals surface area contributed by atoms with Crippen LogP contribution in [0.5, 0.6) is 0 Å². The minimum Gasteiger partial charge on any atom is -0.368 e. The number of piperazine rings is 1. The number of anilines is 2. The molecule has 0 spiro atoms. The van der Waals surface area contributed by atoms with Crippen molar-refractivity contribution < 1.29 is 9.32 Å². The van der Waals surface area contributed by atoms with Gasteiger partial charge in [-0.15, -0.1) is 0 Å². The van der Waals surface area contributed by atoms with Crippen molar-refractivity contribution in [1.82, 2.24) is 10.1 Å². The molecule has 2 aliphatic heterocycles. The predicted octanol–water partition coefficient (Wildman–Crippen LogP) is 4.14. The van der Waals surface area contributed by atoms with Crippen molar-refractivity contribution in [3.63, 3.8) is 0 Å². The molecule has 1 fully saturated rings. The molecule has 3 aromatic rings. The van der Waals surface area contributed by atoms with Crippen LogP contribution in [0.3, 0.4) is 0 Å². The summed E-state index contributed by atoms with van der Waals surface area (Å²) in [6.45, 7) is 4.34. The second kappa shape index (κ2) is 7.97. The average molecular weight is 421 g/mol. The number of para-hydroxylation sites is 2. The average Bonchev–Trinajstić information content (AvgIpc) is 3.33. The van der Waals surface area contributed by atoms with E-state index >= 15 is 0 Å². The quantitative estimate of drug-likeness (QED) is 0.642. The minimum atomic E-state index is -0.114. The van der Waals surface area contributed by atoms with Gasteiger partial charge in [-0.05, 0) is 24.3 Å². The molecule has 0 bridgehead atoms. The fourth-order valence-electron chi connectivity index (χ4n) is 3.98. The Hall–Kier alpha value is -3.09. The molecule has 5 rings (SSSR count). The molecule has 0 saturated carbocycles. The van der Waals surface area contributed by atoms with E-state index < -0.39 is 0 Å². The standard InChI is InChI=1S/C23H21ClN4O2/c24-20-6-2-4-8-22(20)28-11-9-27(10-12-28)15-17-13-16(26-30-17)14-19-18-5-1-3-7-21(18)25-23(19)29/h1-8,13-14H,9-12,15H2,(H,25,29). The van der Waals surface area contributed by atoms with E-state index in [2.05, 4.69) is 26.3 Å². The van der Waals surface area contributed by atoms with Crippen LogP contribution in [-0.4, -0.2) is 42.1 Å². The first kappa shape index (κ1) is 18.9. The van der Waals surface area contributed by atoms with Gasteiger partial charge < -0.3 is 14.7 Å². The number of hydrogen-bond acceptors (Lipinski definition) is 5. The number of halogens is 1. The van der Waals surface area contributed by atoms with Crippen LogP contribution < -0.4 is 10.2 Å². The Bertz CT molecular complexity index is 1120. The smallest absolute Gasteiger partial charge is 0.256 e. The van der Waals surface area contributed by atoms with Gasteiger partial charge in [-0.25, -0.2) is 0 Å². The monoisotopic (exact) mass is 420 g/mol. The highest BCUT2D eigenvalue weighted by molar-refractivity contribution is 6.34. The maximum absolute atomic E-state index is 12.3. The van der Waals surface area contributed by atoms with Gasteiger partial charge in [0.05, 0.1) is 22.8 Å². The van der Waals surface area contributed by atoms with Gasteiger partial charge in [0, 0.05) is 43.5 Å². The van der Waals surface area contributed by atoms with Gasteiger partial charge in [0.15, 0.2) is 5.76 Å². The number of amides is 1. The molecule has 0 atom stereocenters. The molecule has 152 valence electrons. The van der Waals surface area contributed by atoms with E-state index in [1.807, 2.05) is 48.5 Å². The highest BCUT2D eigenvalue weighted by Gasteiger charge is 2.24. The van der Waals surface area contributed by atoms with Gasteiger partial charge >= 0.3 is 0 Å². The molecule has 0 aliphatic carbocycles. The second-order valence-electron chi connectivity index (χ2n) is 7.49. The molecule has 2 aliphatic rings. The summed E-state index contributed by atoms with van der Waals surface area (Å²) in [5.74, 6) is 0.677. The maximum atomic E-state index is 12.3. The van der Waals surface area contributed by atoms with Gasteiger partial charge in [0.25, 0.3) is 5.91 Å². The number of nitrogens with zero attached hydrogens (tertiary/aromatic N) is 3. The summed E-state index contributed by atoms with van der Waals surface area (Å²) in [5, 5.41) is 7.80. The number of benzene rings is 2. The zero-order chi connectivity index (χ0) is 20.5. The third-order valence-corrected chi connectivity index (χ3v) is 5.84. The summed E-state index contributed by atoms with van der Waals surface area (Å²) < 4.78 is 5.53. The molecule has 2 aromatic carbocycles.